The van der Waals surface area contributed by atoms with Crippen LogP contribution >= 0.6 is 0 Å². The molecule has 4 aromatic rings. The number of hydrogen-bond donors (Lipinski definition) is 0. The Labute approximate surface area is 221 Å². The van der Waals surface area contributed by atoms with Gasteiger partial charge in [0.1, 0.15) is 0 Å². The summed E-state index contributed by atoms with van der Waals surface area (Å²) in [7, 11) is 0. The maximum absolute atomic E-state index is 2.64. The number of allylic oxidation sites excluding steroid dienone is 2. The van der Waals surface area contributed by atoms with Crippen molar-refractivity contribution in [3.8, 4) is 0 Å². The van der Waals surface area contributed by atoms with Gasteiger partial charge in [0.15, 0.2) is 0 Å². The van der Waals surface area contributed by atoms with Crippen molar-refractivity contribution in [3.05, 3.63) is 143 Å². The minimum absolute atomic E-state index is 0. The summed E-state index contributed by atoms with van der Waals surface area (Å²) in [5.41, 5.74) is 12.0. The normalized spacial score (nSPS) is 17.3. The third kappa shape index (κ3) is 4.58. The molecule has 0 heterocycles. The van der Waals surface area contributed by atoms with Crippen LogP contribution in [0.3, 0.4) is 0 Å². The van der Waals surface area contributed by atoms with Gasteiger partial charge in [-0.15, -0.1) is 0 Å². The Bertz CT molecular complexity index is 1290. The first-order valence-corrected chi connectivity index (χ1v) is 22.3. The van der Waals surface area contributed by atoms with Gasteiger partial charge < -0.3 is 9.41 Å². The zero-order valence-electron chi connectivity index (χ0n) is 20.5. The molecule has 2 aliphatic carbocycles. The van der Waals surface area contributed by atoms with Gasteiger partial charge in [-0.3, -0.25) is 0 Å². The molecule has 36 heavy (non-hydrogen) atoms. The largest absolute Gasteiger partial charge is 1.00 e. The maximum Gasteiger partial charge on any atom is -1.00 e. The summed E-state index contributed by atoms with van der Waals surface area (Å²) in [6, 6.07) is 40.8. The monoisotopic (exact) mass is 569 g/mol. The molecule has 0 fully saturated rings. The van der Waals surface area contributed by atoms with Crippen LogP contribution in [-0.2, 0) is 20.9 Å². The van der Waals surface area contributed by atoms with Crippen LogP contribution in [0.1, 0.15) is 40.6 Å². The molecule has 4 heteroatoms. The van der Waals surface area contributed by atoms with Crippen LogP contribution in [0.25, 0.3) is 23.3 Å². The average Bonchev–Trinajstić information content (AvgIpc) is 3.45. The summed E-state index contributed by atoms with van der Waals surface area (Å²) in [6.07, 6.45) is 5.03. The second-order valence-corrected chi connectivity index (χ2v) is 29.8. The van der Waals surface area contributed by atoms with Crippen LogP contribution < -0.4 is 9.41 Å². The van der Waals surface area contributed by atoms with Gasteiger partial charge in [-0.05, 0) is 0 Å². The summed E-state index contributed by atoms with van der Waals surface area (Å²) < 4.78 is 1.21. The van der Waals surface area contributed by atoms with Crippen LogP contribution in [0.15, 0.2) is 109 Å². The molecule has 0 aromatic heterocycles. The molecule has 6 rings (SSSR count). The van der Waals surface area contributed by atoms with E-state index in [1.54, 1.807) is 22.3 Å². The van der Waals surface area contributed by atoms with Crippen LogP contribution in [-0.4, -0.2) is 5.92 Å². The summed E-state index contributed by atoms with van der Waals surface area (Å²) in [4.78, 5) is 0. The minimum Gasteiger partial charge on any atom is -1.00 e. The average molecular weight is 571 g/mol. The number of rotatable bonds is 5. The minimum atomic E-state index is -2.14. The number of halogens is 2. The molecule has 0 N–H and O–H groups in total. The molecular weight excluding hydrogens is 542 g/mol. The van der Waals surface area contributed by atoms with Crippen molar-refractivity contribution < 1.29 is 30.3 Å². The van der Waals surface area contributed by atoms with Gasteiger partial charge in [-0.2, -0.15) is 0 Å². The van der Waals surface area contributed by atoms with E-state index in [2.05, 4.69) is 134 Å². The summed E-state index contributed by atoms with van der Waals surface area (Å²) in [5, 5.41) is 0. The molecule has 0 radical (unpaired) electrons. The van der Waals surface area contributed by atoms with Gasteiger partial charge in [-0.25, -0.2) is 0 Å². The fourth-order valence-corrected chi connectivity index (χ4v) is 28.2. The van der Waals surface area contributed by atoms with Crippen LogP contribution in [0, 0.1) is 0 Å². The fraction of sp³-hybridized carbons (Fsp3) is 0.125. The van der Waals surface area contributed by atoms with Gasteiger partial charge in [0.25, 0.3) is 0 Å². The van der Waals surface area contributed by atoms with Crippen LogP contribution in [0.4, 0.5) is 0 Å². The topological polar surface area (TPSA) is 0 Å². The summed E-state index contributed by atoms with van der Waals surface area (Å²) >= 11 is -2.14. The van der Waals surface area contributed by atoms with E-state index in [1.165, 1.54) is 22.3 Å². The van der Waals surface area contributed by atoms with Crippen molar-refractivity contribution >= 4 is 29.2 Å². The molecule has 2 atom stereocenters. The van der Waals surface area contributed by atoms with Crippen molar-refractivity contribution in [3.63, 3.8) is 0 Å². The second-order valence-electron chi connectivity index (χ2n) is 9.71. The molecule has 2 aliphatic rings. The first-order valence-electron chi connectivity index (χ1n) is 12.3. The Morgan fingerprint density at radius 1 is 0.500 bits per heavy atom. The molecule has 2 unspecified atom stereocenters. The maximum atomic E-state index is 2.64. The zero-order valence-corrected chi connectivity index (χ0v) is 24.1. The second kappa shape index (κ2) is 11.2. The Kier molecular flexibility index (Phi) is 8.17. The Balaban J connectivity index is 0.00000152. The molecule has 0 saturated heterocycles. The van der Waals surface area contributed by atoms with E-state index in [0.29, 0.717) is 7.25 Å². The molecule has 0 amide bonds. The first kappa shape index (κ1) is 26.4. The third-order valence-corrected chi connectivity index (χ3v) is 28.9. The van der Waals surface area contributed by atoms with Gasteiger partial charge in [0.2, 0.25) is 0 Å². The predicted molar refractivity (Wildman–Crippen MR) is 146 cm³/mol. The van der Waals surface area contributed by atoms with Crippen molar-refractivity contribution in [2.45, 2.75) is 20.3 Å². The standard InChI is InChI=1S/2C15H11.C2H7Si.2FH.Zr/c2*1-2-6-12(7-3-1)15-10-13-8-4-5-9-14(13)11-15;1-3-2;;;/h2*1-11H;3H,1-2H3;2*1H;/q;;;;;+2/p-2. The van der Waals surface area contributed by atoms with Crippen molar-refractivity contribution in [2.75, 3.05) is 0 Å². The van der Waals surface area contributed by atoms with Crippen molar-refractivity contribution in [1.29, 1.82) is 0 Å². The summed E-state index contributed by atoms with van der Waals surface area (Å²) in [6.45, 7) is 5.28. The van der Waals surface area contributed by atoms with E-state index in [1.807, 2.05) is 0 Å². The Morgan fingerprint density at radius 2 is 0.861 bits per heavy atom. The molecule has 0 aliphatic heterocycles. The molecule has 0 saturated carbocycles. The van der Waals surface area contributed by atoms with Crippen molar-refractivity contribution in [2.24, 2.45) is 0 Å². The molecule has 0 bridgehead atoms. The summed E-state index contributed by atoms with van der Waals surface area (Å²) in [5.74, 6) is -0.918. The van der Waals surface area contributed by atoms with E-state index < -0.39 is 26.8 Å². The quantitative estimate of drug-likeness (QED) is 0.323. The zero-order chi connectivity index (χ0) is 23.1. The van der Waals surface area contributed by atoms with Crippen LogP contribution in [0.2, 0.25) is 13.1 Å². The van der Waals surface area contributed by atoms with E-state index in [-0.39, 0.29) is 9.41 Å². The SMILES string of the molecule is C[SiH](C)[Zr+2]([CH]1C(c2ccccc2)=Cc2ccccc21)[CH]1C(c2ccccc2)=Cc2ccccc21.[F-].[F-]. The van der Waals surface area contributed by atoms with Gasteiger partial charge in [-0.1, -0.05) is 0 Å². The van der Waals surface area contributed by atoms with Gasteiger partial charge >= 0.3 is 213 Å². The predicted octanol–water partition coefficient (Wildman–Crippen LogP) is 2.19. The Morgan fingerprint density at radius 3 is 1.25 bits per heavy atom. The van der Waals surface area contributed by atoms with E-state index in [0.717, 1.165) is 0 Å². The fourth-order valence-electron chi connectivity index (χ4n) is 5.96. The number of fused-ring (bicyclic) bond motifs is 2. The van der Waals surface area contributed by atoms with Crippen LogP contribution in [0.5, 0.6) is 0 Å². The molecular formula is C32H29F2SiZr. The number of benzene rings is 4. The Hall–Kier alpha value is -2.68. The smallest absolute Gasteiger partial charge is 1.00 e. The van der Waals surface area contributed by atoms with Crippen molar-refractivity contribution in [1.82, 2.24) is 0 Å². The molecule has 179 valence electrons. The van der Waals surface area contributed by atoms with Gasteiger partial charge in [0, 0.05) is 0 Å². The molecule has 0 nitrogen and oxygen atoms in total. The van der Waals surface area contributed by atoms with E-state index in [9.17, 15) is 0 Å². The molecule has 4 aromatic carbocycles. The number of hydrogen-bond acceptors (Lipinski definition) is 0. The molecule has 0 spiro atoms. The van der Waals surface area contributed by atoms with E-state index >= 15 is 0 Å². The first-order chi connectivity index (χ1) is 16.7. The third-order valence-electron chi connectivity index (χ3n) is 7.41. The van der Waals surface area contributed by atoms with Gasteiger partial charge in [0.05, 0.1) is 0 Å². The van der Waals surface area contributed by atoms with E-state index in [4.69, 9.17) is 0 Å².